The summed E-state index contributed by atoms with van der Waals surface area (Å²) >= 11 is 0. The summed E-state index contributed by atoms with van der Waals surface area (Å²) in [5.74, 6) is 2.16. The third-order valence-electron chi connectivity index (χ3n) is 4.70. The second-order valence-corrected chi connectivity index (χ2v) is 9.29. The molecule has 0 amide bonds. The van der Waals surface area contributed by atoms with Crippen LogP contribution < -0.4 is 23.8 Å². The number of halogens is 2. The summed E-state index contributed by atoms with van der Waals surface area (Å²) in [6.07, 6.45) is 2.01. The molecule has 0 aliphatic carbocycles. The molecule has 8 nitrogen and oxygen atoms in total. The summed E-state index contributed by atoms with van der Waals surface area (Å²) in [6, 6.07) is 11.2. The maximum absolute atomic E-state index is 11.5. The summed E-state index contributed by atoms with van der Waals surface area (Å²) in [5.41, 5.74) is 2.49. The van der Waals surface area contributed by atoms with Gasteiger partial charge in [-0.3, -0.25) is 4.72 Å². The van der Waals surface area contributed by atoms with Gasteiger partial charge in [0.25, 0.3) is 0 Å². The van der Waals surface area contributed by atoms with Crippen LogP contribution in [0.2, 0.25) is 0 Å². The van der Waals surface area contributed by atoms with Crippen LogP contribution >= 0.6 is 24.8 Å². The van der Waals surface area contributed by atoms with Gasteiger partial charge in [0, 0.05) is 27.2 Å². The van der Waals surface area contributed by atoms with E-state index in [1.165, 1.54) is 5.56 Å². The highest BCUT2D eigenvalue weighted by atomic mass is 35.5. The molecule has 0 atom stereocenters. The molecule has 0 aliphatic rings. The van der Waals surface area contributed by atoms with Gasteiger partial charge in [0.1, 0.15) is 12.4 Å². The van der Waals surface area contributed by atoms with E-state index < -0.39 is 10.0 Å². The standard InChI is InChI=1S/C22H33N3O5S.2ClH/c1-24(2)19-16-18(23-31(6,26)27)8-10-20(19)30-14-13-25(3)12-11-17-7-9-21(28-4)22(15-17)29-5;;/h7-10,15-16,23H,11-14H2,1-6H3;2*1H. The van der Waals surface area contributed by atoms with Gasteiger partial charge < -0.3 is 24.0 Å². The van der Waals surface area contributed by atoms with Gasteiger partial charge in [-0.1, -0.05) is 6.07 Å². The van der Waals surface area contributed by atoms with Crippen LogP contribution in [0.4, 0.5) is 11.4 Å². The Morgan fingerprint density at radius 3 is 2.09 bits per heavy atom. The number of rotatable bonds is 12. The Hall–Kier alpha value is -2.07. The van der Waals surface area contributed by atoms with E-state index in [1.807, 2.05) is 37.2 Å². The normalized spacial score (nSPS) is 10.6. The number of methoxy groups -OCH3 is 2. The molecule has 0 radical (unpaired) electrons. The zero-order valence-corrected chi connectivity index (χ0v) is 22.4. The number of nitrogens with one attached hydrogen (secondary N) is 1. The van der Waals surface area contributed by atoms with Crippen molar-refractivity contribution in [2.75, 3.05) is 70.9 Å². The Kier molecular flexibility index (Phi) is 13.4. The molecular formula is C22H35Cl2N3O5S. The van der Waals surface area contributed by atoms with E-state index in [9.17, 15) is 8.42 Å². The van der Waals surface area contributed by atoms with Crippen molar-refractivity contribution in [3.8, 4) is 17.2 Å². The molecule has 2 aromatic rings. The Balaban J connectivity index is 0.00000512. The second kappa shape index (κ2) is 14.2. The lowest BCUT2D eigenvalue weighted by Gasteiger charge is -2.21. The highest BCUT2D eigenvalue weighted by molar-refractivity contribution is 7.92. The summed E-state index contributed by atoms with van der Waals surface area (Å²) in [6.45, 7) is 2.14. The molecule has 11 heteroatoms. The quantitative estimate of drug-likeness (QED) is 0.455. The number of hydrogen-bond acceptors (Lipinski definition) is 7. The Labute approximate surface area is 210 Å². The predicted molar refractivity (Wildman–Crippen MR) is 140 cm³/mol. The van der Waals surface area contributed by atoms with Gasteiger partial charge in [0.15, 0.2) is 11.5 Å². The average molecular weight is 525 g/mol. The van der Waals surface area contributed by atoms with Crippen LogP contribution in [-0.2, 0) is 16.4 Å². The third-order valence-corrected chi connectivity index (χ3v) is 5.31. The molecule has 0 saturated heterocycles. The van der Waals surface area contributed by atoms with E-state index in [4.69, 9.17) is 14.2 Å². The van der Waals surface area contributed by atoms with Crippen molar-refractivity contribution in [1.82, 2.24) is 4.90 Å². The first-order valence-electron chi connectivity index (χ1n) is 9.94. The van der Waals surface area contributed by atoms with Gasteiger partial charge in [-0.2, -0.15) is 0 Å². The molecule has 2 rings (SSSR count). The number of likely N-dealkylation sites (N-methyl/N-ethyl adjacent to an activating group) is 1. The van der Waals surface area contributed by atoms with Gasteiger partial charge in [-0.05, 0) is 49.4 Å². The van der Waals surface area contributed by atoms with Gasteiger partial charge in [-0.15, -0.1) is 24.8 Å². The van der Waals surface area contributed by atoms with Gasteiger partial charge >= 0.3 is 0 Å². The van der Waals surface area contributed by atoms with Crippen LogP contribution in [0.25, 0.3) is 0 Å². The largest absolute Gasteiger partial charge is 0.493 e. The summed E-state index contributed by atoms with van der Waals surface area (Å²) in [5, 5.41) is 0. The number of benzene rings is 2. The molecular weight excluding hydrogens is 489 g/mol. The summed E-state index contributed by atoms with van der Waals surface area (Å²) in [4.78, 5) is 4.09. The van der Waals surface area contributed by atoms with Crippen molar-refractivity contribution in [2.45, 2.75) is 6.42 Å². The fraction of sp³-hybridized carbons (Fsp3) is 0.455. The minimum absolute atomic E-state index is 0. The fourth-order valence-corrected chi connectivity index (χ4v) is 3.60. The Morgan fingerprint density at radius 1 is 0.879 bits per heavy atom. The van der Waals surface area contributed by atoms with Crippen LogP contribution in [-0.4, -0.2) is 74.6 Å². The predicted octanol–water partition coefficient (Wildman–Crippen LogP) is 3.54. The number of sulfonamides is 1. The van der Waals surface area contributed by atoms with Crippen LogP contribution in [0, 0.1) is 0 Å². The average Bonchev–Trinajstić information content (AvgIpc) is 2.71. The van der Waals surface area contributed by atoms with Crippen molar-refractivity contribution >= 4 is 46.2 Å². The van der Waals surface area contributed by atoms with Crippen LogP contribution in [0.3, 0.4) is 0 Å². The zero-order chi connectivity index (χ0) is 23.0. The first-order chi connectivity index (χ1) is 14.6. The van der Waals surface area contributed by atoms with Gasteiger partial charge in [-0.25, -0.2) is 8.42 Å². The lowest BCUT2D eigenvalue weighted by molar-refractivity contribution is 0.239. The molecule has 0 saturated carbocycles. The van der Waals surface area contributed by atoms with E-state index in [2.05, 4.69) is 16.7 Å². The Bertz CT molecular complexity index is 974. The zero-order valence-electron chi connectivity index (χ0n) is 20.0. The van der Waals surface area contributed by atoms with Crippen molar-refractivity contribution in [1.29, 1.82) is 0 Å². The minimum atomic E-state index is -3.33. The number of ether oxygens (including phenoxy) is 3. The van der Waals surface area contributed by atoms with Crippen LogP contribution in [0.1, 0.15) is 5.56 Å². The lowest BCUT2D eigenvalue weighted by atomic mass is 10.1. The van der Waals surface area contributed by atoms with Crippen LogP contribution in [0.15, 0.2) is 36.4 Å². The number of nitrogens with zero attached hydrogens (tertiary/aromatic N) is 2. The smallest absolute Gasteiger partial charge is 0.229 e. The first kappa shape index (κ1) is 30.9. The molecule has 1 N–H and O–H groups in total. The Morgan fingerprint density at radius 2 is 1.52 bits per heavy atom. The monoisotopic (exact) mass is 523 g/mol. The lowest BCUT2D eigenvalue weighted by Crippen LogP contribution is -2.26. The minimum Gasteiger partial charge on any atom is -0.493 e. The molecule has 0 spiro atoms. The van der Waals surface area contributed by atoms with E-state index in [1.54, 1.807) is 32.4 Å². The first-order valence-corrected chi connectivity index (χ1v) is 11.8. The van der Waals surface area contributed by atoms with Crippen molar-refractivity contribution in [2.24, 2.45) is 0 Å². The summed E-state index contributed by atoms with van der Waals surface area (Å²) in [7, 11) is 5.77. The highest BCUT2D eigenvalue weighted by Gasteiger charge is 2.11. The molecule has 0 unspecified atom stereocenters. The fourth-order valence-electron chi connectivity index (χ4n) is 3.05. The molecule has 188 valence electrons. The van der Waals surface area contributed by atoms with Crippen molar-refractivity contribution < 1.29 is 22.6 Å². The number of hydrogen-bond donors (Lipinski definition) is 1. The molecule has 0 aromatic heterocycles. The van der Waals surface area contributed by atoms with Crippen molar-refractivity contribution in [3.05, 3.63) is 42.0 Å². The molecule has 0 aliphatic heterocycles. The topological polar surface area (TPSA) is 80.3 Å². The maximum atomic E-state index is 11.5. The van der Waals surface area contributed by atoms with E-state index >= 15 is 0 Å². The SMILES string of the molecule is COc1ccc(CCN(C)CCOc2ccc(NS(C)(=O)=O)cc2N(C)C)cc1OC.Cl.Cl. The second-order valence-electron chi connectivity index (χ2n) is 7.54. The van der Waals surface area contributed by atoms with E-state index in [-0.39, 0.29) is 24.8 Å². The van der Waals surface area contributed by atoms with Gasteiger partial charge in [0.2, 0.25) is 10.0 Å². The molecule has 0 bridgehead atoms. The maximum Gasteiger partial charge on any atom is 0.229 e. The molecule has 0 heterocycles. The summed E-state index contributed by atoms with van der Waals surface area (Å²) < 4.78 is 42.1. The van der Waals surface area contributed by atoms with Crippen LogP contribution in [0.5, 0.6) is 17.2 Å². The van der Waals surface area contributed by atoms with E-state index in [0.717, 1.165) is 43.0 Å². The third kappa shape index (κ3) is 10.2. The molecule has 2 aromatic carbocycles. The van der Waals surface area contributed by atoms with E-state index in [0.29, 0.717) is 18.0 Å². The van der Waals surface area contributed by atoms with Crippen molar-refractivity contribution in [3.63, 3.8) is 0 Å². The number of anilines is 2. The molecule has 0 fully saturated rings. The molecule has 33 heavy (non-hydrogen) atoms. The van der Waals surface area contributed by atoms with Gasteiger partial charge in [0.05, 0.1) is 31.9 Å². The highest BCUT2D eigenvalue weighted by Crippen LogP contribution is 2.31.